The van der Waals surface area contributed by atoms with Crippen molar-refractivity contribution in [3.8, 4) is 11.5 Å². The lowest BCUT2D eigenvalue weighted by atomic mass is 10.2. The molecule has 3 rings (SSSR count). The Hall–Kier alpha value is -2.74. The Morgan fingerprint density at radius 2 is 1.96 bits per heavy atom. The van der Waals surface area contributed by atoms with Crippen LogP contribution in [0.25, 0.3) is 0 Å². The van der Waals surface area contributed by atoms with Crippen molar-refractivity contribution in [1.82, 2.24) is 0 Å². The van der Waals surface area contributed by atoms with Gasteiger partial charge in [0.15, 0.2) is 0 Å². The van der Waals surface area contributed by atoms with Gasteiger partial charge in [0.05, 0.1) is 29.4 Å². The normalized spacial score (nSPS) is 13.5. The number of benzene rings is 2. The van der Waals surface area contributed by atoms with Crippen LogP contribution in [0.4, 0.5) is 11.4 Å². The van der Waals surface area contributed by atoms with Gasteiger partial charge in [-0.15, -0.1) is 0 Å². The van der Waals surface area contributed by atoms with Crippen molar-refractivity contribution in [3.05, 3.63) is 42.5 Å². The van der Waals surface area contributed by atoms with E-state index in [1.807, 2.05) is 6.92 Å². The van der Waals surface area contributed by atoms with Crippen molar-refractivity contribution in [2.45, 2.75) is 18.7 Å². The van der Waals surface area contributed by atoms with E-state index in [4.69, 9.17) is 9.47 Å². The number of nitrogens with one attached hydrogen (secondary N) is 1. The van der Waals surface area contributed by atoms with Crippen molar-refractivity contribution in [3.63, 3.8) is 0 Å². The second-order valence-corrected chi connectivity index (χ2v) is 7.39. The van der Waals surface area contributed by atoms with Crippen molar-refractivity contribution in [2.24, 2.45) is 0 Å². The summed E-state index contributed by atoms with van der Waals surface area (Å²) in [5.41, 5.74) is 0.996. The second kappa shape index (κ2) is 7.25. The van der Waals surface area contributed by atoms with Crippen molar-refractivity contribution in [2.75, 3.05) is 29.4 Å². The van der Waals surface area contributed by atoms with Gasteiger partial charge >= 0.3 is 0 Å². The van der Waals surface area contributed by atoms with E-state index in [0.29, 0.717) is 42.6 Å². The maximum Gasteiger partial charge on any atom is 0.261 e. The van der Waals surface area contributed by atoms with Crippen LogP contribution in [0.1, 0.15) is 13.8 Å². The fourth-order valence-corrected chi connectivity index (χ4v) is 3.76. The zero-order chi connectivity index (χ0) is 18.7. The highest BCUT2D eigenvalue weighted by Crippen LogP contribution is 2.34. The average Bonchev–Trinajstić information content (AvgIpc) is 2.61. The van der Waals surface area contributed by atoms with Gasteiger partial charge in [-0.05, 0) is 43.3 Å². The van der Waals surface area contributed by atoms with Crippen LogP contribution < -0.4 is 19.1 Å². The largest absolute Gasteiger partial charge is 0.494 e. The first kappa shape index (κ1) is 18.1. The van der Waals surface area contributed by atoms with Crippen LogP contribution in [-0.2, 0) is 14.8 Å². The van der Waals surface area contributed by atoms with E-state index in [1.54, 1.807) is 35.2 Å². The summed E-state index contributed by atoms with van der Waals surface area (Å²) in [7, 11) is -3.74. The number of rotatable bonds is 5. The summed E-state index contributed by atoms with van der Waals surface area (Å²) >= 11 is 0. The fourth-order valence-electron chi connectivity index (χ4n) is 2.71. The summed E-state index contributed by atoms with van der Waals surface area (Å²) in [4.78, 5) is 13.4. The minimum atomic E-state index is -3.74. The molecule has 0 radical (unpaired) electrons. The third-order valence-corrected chi connectivity index (χ3v) is 5.30. The molecule has 0 saturated heterocycles. The molecule has 1 amide bonds. The predicted molar refractivity (Wildman–Crippen MR) is 98.4 cm³/mol. The SMILES string of the molecule is CCOc1ccc(S(=O)(=O)Nc2ccc3c(c2)OCCN3C(C)=O)cc1. The van der Waals surface area contributed by atoms with Gasteiger partial charge in [-0.1, -0.05) is 0 Å². The van der Waals surface area contributed by atoms with Gasteiger partial charge in [-0.25, -0.2) is 8.42 Å². The minimum absolute atomic E-state index is 0.0859. The third-order valence-electron chi connectivity index (χ3n) is 3.90. The molecule has 0 saturated carbocycles. The maximum absolute atomic E-state index is 12.6. The Bertz CT molecular complexity index is 910. The first-order valence-electron chi connectivity index (χ1n) is 8.21. The quantitative estimate of drug-likeness (QED) is 0.867. The molecule has 138 valence electrons. The molecule has 1 N–H and O–H groups in total. The Morgan fingerprint density at radius 3 is 2.62 bits per heavy atom. The van der Waals surface area contributed by atoms with Crippen molar-refractivity contribution in [1.29, 1.82) is 0 Å². The highest BCUT2D eigenvalue weighted by atomic mass is 32.2. The molecule has 2 aromatic carbocycles. The highest BCUT2D eigenvalue weighted by molar-refractivity contribution is 7.92. The lowest BCUT2D eigenvalue weighted by Crippen LogP contribution is -2.36. The van der Waals surface area contributed by atoms with E-state index in [2.05, 4.69) is 4.72 Å². The van der Waals surface area contributed by atoms with Gasteiger partial charge in [0.2, 0.25) is 5.91 Å². The molecule has 26 heavy (non-hydrogen) atoms. The monoisotopic (exact) mass is 376 g/mol. The predicted octanol–water partition coefficient (Wildman–Crippen LogP) is 2.63. The first-order chi connectivity index (χ1) is 12.4. The number of sulfonamides is 1. The van der Waals surface area contributed by atoms with Gasteiger partial charge in [0.1, 0.15) is 18.1 Å². The molecular weight excluding hydrogens is 356 g/mol. The Kier molecular flexibility index (Phi) is 5.03. The lowest BCUT2D eigenvalue weighted by molar-refractivity contribution is -0.116. The minimum Gasteiger partial charge on any atom is -0.494 e. The molecule has 1 aliphatic heterocycles. The number of fused-ring (bicyclic) bond motifs is 1. The van der Waals surface area contributed by atoms with Gasteiger partial charge in [0, 0.05) is 13.0 Å². The van der Waals surface area contributed by atoms with E-state index < -0.39 is 10.0 Å². The van der Waals surface area contributed by atoms with E-state index in [9.17, 15) is 13.2 Å². The number of amides is 1. The molecule has 0 atom stereocenters. The van der Waals surface area contributed by atoms with Gasteiger partial charge in [-0.2, -0.15) is 0 Å². The topological polar surface area (TPSA) is 84.9 Å². The van der Waals surface area contributed by atoms with Crippen LogP contribution in [-0.4, -0.2) is 34.1 Å². The first-order valence-corrected chi connectivity index (χ1v) is 9.69. The molecule has 8 heteroatoms. The second-order valence-electron chi connectivity index (χ2n) is 5.71. The number of ether oxygens (including phenoxy) is 2. The molecule has 0 aliphatic carbocycles. The molecule has 2 aromatic rings. The smallest absolute Gasteiger partial charge is 0.261 e. The summed E-state index contributed by atoms with van der Waals surface area (Å²) in [5.74, 6) is 0.994. The summed E-state index contributed by atoms with van der Waals surface area (Å²) in [6, 6.07) is 11.1. The standard InChI is InChI=1S/C18H20N2O5S/c1-3-24-15-5-7-16(8-6-15)26(22,23)19-14-4-9-17-18(12-14)25-11-10-20(17)13(2)21/h4-9,12,19H,3,10-11H2,1-2H3. The van der Waals surface area contributed by atoms with Crippen LogP contribution in [0.15, 0.2) is 47.4 Å². The summed E-state index contributed by atoms with van der Waals surface area (Å²) < 4.78 is 38.5. The number of hydrogen-bond acceptors (Lipinski definition) is 5. The van der Waals surface area contributed by atoms with Crippen LogP contribution in [0.5, 0.6) is 11.5 Å². The molecule has 1 heterocycles. The Balaban J connectivity index is 1.83. The maximum atomic E-state index is 12.6. The van der Waals surface area contributed by atoms with Gasteiger partial charge in [0.25, 0.3) is 10.0 Å². The Labute approximate surface area is 152 Å². The van der Waals surface area contributed by atoms with Crippen molar-refractivity contribution < 1.29 is 22.7 Å². The third kappa shape index (κ3) is 3.75. The lowest BCUT2D eigenvalue weighted by Gasteiger charge is -2.29. The van der Waals surface area contributed by atoms with E-state index in [0.717, 1.165) is 0 Å². The number of carbonyl (C=O) groups is 1. The van der Waals surface area contributed by atoms with Crippen molar-refractivity contribution >= 4 is 27.3 Å². The molecule has 0 unspecified atom stereocenters. The molecule has 1 aliphatic rings. The molecule has 0 bridgehead atoms. The van der Waals surface area contributed by atoms with E-state index in [1.165, 1.54) is 19.1 Å². The van der Waals surface area contributed by atoms with Crippen LogP contribution >= 0.6 is 0 Å². The zero-order valence-electron chi connectivity index (χ0n) is 14.6. The summed E-state index contributed by atoms with van der Waals surface area (Å²) in [5, 5.41) is 0. The van der Waals surface area contributed by atoms with Gasteiger partial charge < -0.3 is 14.4 Å². The molecular formula is C18H20N2O5S. The fraction of sp³-hybridized carbons (Fsp3) is 0.278. The Morgan fingerprint density at radius 1 is 1.23 bits per heavy atom. The van der Waals surface area contributed by atoms with Crippen LogP contribution in [0, 0.1) is 0 Å². The molecule has 0 fully saturated rings. The summed E-state index contributed by atoms with van der Waals surface area (Å²) in [6.07, 6.45) is 0. The van der Waals surface area contributed by atoms with E-state index in [-0.39, 0.29) is 10.8 Å². The number of carbonyl (C=O) groups excluding carboxylic acids is 1. The number of anilines is 2. The van der Waals surface area contributed by atoms with Gasteiger partial charge in [-0.3, -0.25) is 9.52 Å². The average molecular weight is 376 g/mol. The van der Waals surface area contributed by atoms with Crippen LogP contribution in [0.2, 0.25) is 0 Å². The highest BCUT2D eigenvalue weighted by Gasteiger charge is 2.22. The zero-order valence-corrected chi connectivity index (χ0v) is 15.4. The summed E-state index contributed by atoms with van der Waals surface area (Å²) in [6.45, 7) is 4.69. The molecule has 0 aromatic heterocycles. The van der Waals surface area contributed by atoms with Crippen LogP contribution in [0.3, 0.4) is 0 Å². The number of hydrogen-bond donors (Lipinski definition) is 1. The molecule has 7 nitrogen and oxygen atoms in total. The number of nitrogens with zero attached hydrogens (tertiary/aromatic N) is 1. The van der Waals surface area contributed by atoms with E-state index >= 15 is 0 Å². The molecule has 0 spiro atoms.